The number of nitrogens with zero attached hydrogens (tertiary/aromatic N) is 2. The Morgan fingerprint density at radius 2 is 2.08 bits per heavy atom. The summed E-state index contributed by atoms with van der Waals surface area (Å²) in [5.41, 5.74) is 3.32. The van der Waals surface area contributed by atoms with Gasteiger partial charge >= 0.3 is 6.16 Å². The van der Waals surface area contributed by atoms with E-state index in [1.165, 1.54) is 12.0 Å². The zero-order valence-corrected chi connectivity index (χ0v) is 14.1. The first-order valence-electron chi connectivity index (χ1n) is 8.45. The van der Waals surface area contributed by atoms with Crippen molar-refractivity contribution in [3.8, 4) is 17.1 Å². The lowest BCUT2D eigenvalue weighted by Gasteiger charge is -2.20. The molecule has 0 spiro atoms. The number of aromatic nitrogens is 2. The standard InChI is InChI=1S/C19H22N2O3/c1-3-10-23-19(22)24-16-7-5-14(6-8-16)18-20-12-15-11-13(2)4-9-17(15)21-18/h5-8,12-13H,3-4,9-11H2,1-2H3. The van der Waals surface area contributed by atoms with E-state index in [4.69, 9.17) is 14.5 Å². The molecule has 0 N–H and O–H groups in total. The summed E-state index contributed by atoms with van der Waals surface area (Å²) in [4.78, 5) is 20.6. The molecule has 1 aromatic carbocycles. The smallest absolute Gasteiger partial charge is 0.434 e. The summed E-state index contributed by atoms with van der Waals surface area (Å²) in [6.07, 6.45) is 5.28. The maximum Gasteiger partial charge on any atom is 0.513 e. The van der Waals surface area contributed by atoms with E-state index in [-0.39, 0.29) is 0 Å². The van der Waals surface area contributed by atoms with Crippen LogP contribution in [0.4, 0.5) is 4.79 Å². The van der Waals surface area contributed by atoms with Crippen LogP contribution in [0.2, 0.25) is 0 Å². The molecule has 1 heterocycles. The van der Waals surface area contributed by atoms with Crippen LogP contribution in [-0.2, 0) is 17.6 Å². The number of aryl methyl sites for hydroxylation is 1. The van der Waals surface area contributed by atoms with Gasteiger partial charge in [0.15, 0.2) is 5.82 Å². The summed E-state index contributed by atoms with van der Waals surface area (Å²) >= 11 is 0. The second-order valence-corrected chi connectivity index (χ2v) is 6.24. The van der Waals surface area contributed by atoms with Crippen molar-refractivity contribution in [3.05, 3.63) is 41.7 Å². The summed E-state index contributed by atoms with van der Waals surface area (Å²) in [5, 5.41) is 0. The molecule has 1 unspecified atom stereocenters. The third-order valence-corrected chi connectivity index (χ3v) is 4.13. The molecule has 1 aliphatic carbocycles. The topological polar surface area (TPSA) is 61.3 Å². The Labute approximate surface area is 142 Å². The zero-order valence-electron chi connectivity index (χ0n) is 14.1. The van der Waals surface area contributed by atoms with Gasteiger partial charge in [0.2, 0.25) is 0 Å². The summed E-state index contributed by atoms with van der Waals surface area (Å²) < 4.78 is 10.0. The van der Waals surface area contributed by atoms with Crippen LogP contribution < -0.4 is 4.74 Å². The van der Waals surface area contributed by atoms with Crippen LogP contribution in [0.5, 0.6) is 5.75 Å². The Bertz CT molecular complexity index is 713. The highest BCUT2D eigenvalue weighted by molar-refractivity contribution is 5.65. The summed E-state index contributed by atoms with van der Waals surface area (Å²) in [6.45, 7) is 4.56. The Morgan fingerprint density at radius 3 is 2.83 bits per heavy atom. The van der Waals surface area contributed by atoms with Gasteiger partial charge in [-0.15, -0.1) is 0 Å². The number of hydrogen-bond donors (Lipinski definition) is 0. The van der Waals surface area contributed by atoms with Crippen molar-refractivity contribution in [3.63, 3.8) is 0 Å². The monoisotopic (exact) mass is 326 g/mol. The molecule has 126 valence electrons. The second-order valence-electron chi connectivity index (χ2n) is 6.24. The van der Waals surface area contributed by atoms with E-state index >= 15 is 0 Å². The molecule has 1 aromatic heterocycles. The molecule has 24 heavy (non-hydrogen) atoms. The van der Waals surface area contributed by atoms with Crippen molar-refractivity contribution in [1.29, 1.82) is 0 Å². The first-order chi connectivity index (χ1) is 11.7. The lowest BCUT2D eigenvalue weighted by molar-refractivity contribution is 0.0992. The summed E-state index contributed by atoms with van der Waals surface area (Å²) in [6, 6.07) is 7.17. The molecule has 3 rings (SSSR count). The zero-order chi connectivity index (χ0) is 16.9. The van der Waals surface area contributed by atoms with Gasteiger partial charge in [0, 0.05) is 17.5 Å². The molecule has 0 aliphatic heterocycles. The number of rotatable bonds is 4. The normalized spacial score (nSPS) is 16.3. The van der Waals surface area contributed by atoms with E-state index in [2.05, 4.69) is 11.9 Å². The van der Waals surface area contributed by atoms with Crippen molar-refractivity contribution in [2.75, 3.05) is 6.61 Å². The lowest BCUT2D eigenvalue weighted by Crippen LogP contribution is -2.14. The van der Waals surface area contributed by atoms with Gasteiger partial charge in [0.1, 0.15) is 5.75 Å². The molecule has 0 saturated carbocycles. The molecule has 2 aromatic rings. The number of ether oxygens (including phenoxy) is 2. The van der Waals surface area contributed by atoms with Gasteiger partial charge in [-0.1, -0.05) is 13.8 Å². The Hall–Kier alpha value is -2.43. The van der Waals surface area contributed by atoms with Gasteiger partial charge in [-0.25, -0.2) is 14.8 Å². The van der Waals surface area contributed by atoms with Gasteiger partial charge in [-0.05, 0) is 61.4 Å². The van der Waals surface area contributed by atoms with Crippen LogP contribution in [0.15, 0.2) is 30.5 Å². The van der Waals surface area contributed by atoms with Crippen LogP contribution >= 0.6 is 0 Å². The Morgan fingerprint density at radius 1 is 1.29 bits per heavy atom. The van der Waals surface area contributed by atoms with Gasteiger partial charge < -0.3 is 9.47 Å². The molecule has 1 aliphatic rings. The first kappa shape index (κ1) is 16.4. The fourth-order valence-electron chi connectivity index (χ4n) is 2.81. The van der Waals surface area contributed by atoms with Gasteiger partial charge in [-0.2, -0.15) is 0 Å². The summed E-state index contributed by atoms with van der Waals surface area (Å²) in [5.74, 6) is 1.87. The highest BCUT2D eigenvalue weighted by Crippen LogP contribution is 2.26. The fourth-order valence-corrected chi connectivity index (χ4v) is 2.81. The number of benzene rings is 1. The number of fused-ring (bicyclic) bond motifs is 1. The van der Waals surface area contributed by atoms with Crippen molar-refractivity contribution in [2.45, 2.75) is 39.5 Å². The van der Waals surface area contributed by atoms with Gasteiger partial charge in [-0.3, -0.25) is 0 Å². The van der Waals surface area contributed by atoms with E-state index in [0.717, 1.165) is 30.5 Å². The van der Waals surface area contributed by atoms with Crippen LogP contribution in [0.1, 0.15) is 37.9 Å². The Balaban J connectivity index is 1.70. The molecule has 0 amide bonds. The molecule has 5 nitrogen and oxygen atoms in total. The van der Waals surface area contributed by atoms with E-state index < -0.39 is 6.16 Å². The predicted octanol–water partition coefficient (Wildman–Crippen LogP) is 4.19. The van der Waals surface area contributed by atoms with E-state index in [0.29, 0.717) is 24.1 Å². The molecular formula is C19H22N2O3. The fraction of sp³-hybridized carbons (Fsp3) is 0.421. The lowest BCUT2D eigenvalue weighted by atomic mass is 9.89. The number of carbonyl (C=O) groups is 1. The molecule has 0 fully saturated rings. The molecular weight excluding hydrogens is 304 g/mol. The van der Waals surface area contributed by atoms with Crippen molar-refractivity contribution < 1.29 is 14.3 Å². The average Bonchev–Trinajstić information content (AvgIpc) is 2.60. The number of hydrogen-bond acceptors (Lipinski definition) is 5. The van der Waals surface area contributed by atoms with E-state index in [1.807, 2.05) is 25.3 Å². The van der Waals surface area contributed by atoms with Crippen molar-refractivity contribution in [2.24, 2.45) is 5.92 Å². The number of carbonyl (C=O) groups excluding carboxylic acids is 1. The highest BCUT2D eigenvalue weighted by atomic mass is 16.7. The maximum absolute atomic E-state index is 11.4. The van der Waals surface area contributed by atoms with Crippen LogP contribution in [-0.4, -0.2) is 22.7 Å². The van der Waals surface area contributed by atoms with Crippen LogP contribution in [0.25, 0.3) is 11.4 Å². The van der Waals surface area contributed by atoms with E-state index in [1.54, 1.807) is 12.1 Å². The van der Waals surface area contributed by atoms with Crippen molar-refractivity contribution >= 4 is 6.16 Å². The quantitative estimate of drug-likeness (QED) is 0.622. The van der Waals surface area contributed by atoms with Crippen LogP contribution in [0.3, 0.4) is 0 Å². The summed E-state index contributed by atoms with van der Waals surface area (Å²) in [7, 11) is 0. The largest absolute Gasteiger partial charge is 0.513 e. The molecule has 5 heteroatoms. The third kappa shape index (κ3) is 3.91. The van der Waals surface area contributed by atoms with Crippen LogP contribution in [0, 0.1) is 5.92 Å². The molecule has 1 atom stereocenters. The predicted molar refractivity (Wildman–Crippen MR) is 90.9 cm³/mol. The first-order valence-corrected chi connectivity index (χ1v) is 8.45. The molecule has 0 radical (unpaired) electrons. The minimum atomic E-state index is -0.677. The van der Waals surface area contributed by atoms with Gasteiger partial charge in [0.25, 0.3) is 0 Å². The highest BCUT2D eigenvalue weighted by Gasteiger charge is 2.17. The average molecular weight is 326 g/mol. The Kier molecular flexibility index (Phi) is 5.08. The minimum absolute atomic E-state index is 0.360. The van der Waals surface area contributed by atoms with Crippen molar-refractivity contribution in [1.82, 2.24) is 9.97 Å². The maximum atomic E-state index is 11.4. The minimum Gasteiger partial charge on any atom is -0.434 e. The second kappa shape index (κ2) is 7.43. The van der Waals surface area contributed by atoms with E-state index in [9.17, 15) is 4.79 Å². The van der Waals surface area contributed by atoms with Gasteiger partial charge in [0.05, 0.1) is 6.61 Å². The SMILES string of the molecule is CCCOC(=O)Oc1ccc(-c2ncc3c(n2)CCC(C)C3)cc1. The molecule has 0 bridgehead atoms. The third-order valence-electron chi connectivity index (χ3n) is 4.13. The molecule has 0 saturated heterocycles.